The number of anilines is 2. The zero-order chi connectivity index (χ0) is 10.6. The van der Waals surface area contributed by atoms with Gasteiger partial charge in [-0.1, -0.05) is 13.8 Å². The second kappa shape index (κ2) is 4.75. The van der Waals surface area contributed by atoms with E-state index >= 15 is 0 Å². The molecule has 0 aliphatic carbocycles. The molecule has 2 heteroatoms. The molecule has 0 spiro atoms. The molecule has 0 unspecified atom stereocenters. The summed E-state index contributed by atoms with van der Waals surface area (Å²) in [5.74, 6) is 0. The minimum atomic E-state index is 0.686. The van der Waals surface area contributed by atoms with Crippen molar-refractivity contribution < 1.29 is 0 Å². The van der Waals surface area contributed by atoms with Crippen molar-refractivity contribution in [2.24, 2.45) is 0 Å². The number of rotatable bonds is 0. The van der Waals surface area contributed by atoms with Gasteiger partial charge in [0.15, 0.2) is 0 Å². The molecule has 0 saturated heterocycles. The van der Waals surface area contributed by atoms with Crippen molar-refractivity contribution in [1.82, 2.24) is 0 Å². The first-order chi connectivity index (χ1) is 6.04. The van der Waals surface area contributed by atoms with Crippen LogP contribution in [0.25, 0.3) is 0 Å². The molecule has 0 bridgehead atoms. The Hall–Kier alpha value is -1.18. The van der Waals surface area contributed by atoms with Crippen molar-refractivity contribution in [3.05, 3.63) is 22.8 Å². The number of benzene rings is 1. The van der Waals surface area contributed by atoms with Gasteiger partial charge < -0.3 is 11.5 Å². The number of nitrogens with two attached hydrogens (primary N) is 2. The van der Waals surface area contributed by atoms with Gasteiger partial charge in [0.2, 0.25) is 0 Å². The van der Waals surface area contributed by atoms with Crippen LogP contribution in [0, 0.1) is 20.8 Å². The predicted octanol–water partition coefficient (Wildman–Crippen LogP) is 2.80. The van der Waals surface area contributed by atoms with E-state index in [0.29, 0.717) is 11.4 Å². The lowest BCUT2D eigenvalue weighted by atomic mass is 10.0. The molecule has 1 aromatic rings. The zero-order valence-corrected chi connectivity index (χ0v) is 9.23. The summed E-state index contributed by atoms with van der Waals surface area (Å²) >= 11 is 0. The standard InChI is InChI=1S/C9H14N2.C2H6/c1-5-4-8(10)9(11)7(3)6(5)2;1-2/h4H,10-11H2,1-3H3;1-2H3. The molecule has 1 rings (SSSR count). The van der Waals surface area contributed by atoms with Gasteiger partial charge in [-0.2, -0.15) is 0 Å². The molecule has 0 aromatic heterocycles. The SMILES string of the molecule is CC.Cc1cc(N)c(N)c(C)c1C. The van der Waals surface area contributed by atoms with E-state index in [1.165, 1.54) is 11.1 Å². The van der Waals surface area contributed by atoms with Gasteiger partial charge in [-0.3, -0.25) is 0 Å². The van der Waals surface area contributed by atoms with E-state index in [9.17, 15) is 0 Å². The van der Waals surface area contributed by atoms with Crippen molar-refractivity contribution in [2.75, 3.05) is 11.5 Å². The van der Waals surface area contributed by atoms with Gasteiger partial charge in [-0.05, 0) is 43.5 Å². The average molecular weight is 180 g/mol. The lowest BCUT2D eigenvalue weighted by Gasteiger charge is -2.09. The third-order valence-corrected chi connectivity index (χ3v) is 2.24. The van der Waals surface area contributed by atoms with Crippen molar-refractivity contribution in [3.63, 3.8) is 0 Å². The van der Waals surface area contributed by atoms with Crippen molar-refractivity contribution in [2.45, 2.75) is 34.6 Å². The van der Waals surface area contributed by atoms with Gasteiger partial charge in [0, 0.05) is 0 Å². The number of hydrogen-bond donors (Lipinski definition) is 2. The van der Waals surface area contributed by atoms with Gasteiger partial charge >= 0.3 is 0 Å². The summed E-state index contributed by atoms with van der Waals surface area (Å²) < 4.78 is 0. The molecular formula is C11H20N2. The van der Waals surface area contributed by atoms with Crippen LogP contribution in [-0.2, 0) is 0 Å². The van der Waals surface area contributed by atoms with Crippen LogP contribution in [0.3, 0.4) is 0 Å². The smallest absolute Gasteiger partial charge is 0.0580 e. The molecule has 74 valence electrons. The maximum Gasteiger partial charge on any atom is 0.0580 e. The van der Waals surface area contributed by atoms with Crippen molar-refractivity contribution in [3.8, 4) is 0 Å². The molecule has 0 amide bonds. The van der Waals surface area contributed by atoms with Crippen LogP contribution in [0.4, 0.5) is 11.4 Å². The van der Waals surface area contributed by atoms with Crippen LogP contribution in [0.1, 0.15) is 30.5 Å². The summed E-state index contributed by atoms with van der Waals surface area (Å²) in [4.78, 5) is 0. The van der Waals surface area contributed by atoms with Crippen LogP contribution < -0.4 is 11.5 Å². The fraction of sp³-hybridized carbons (Fsp3) is 0.455. The Bertz CT molecular complexity index is 264. The molecule has 4 N–H and O–H groups in total. The van der Waals surface area contributed by atoms with Crippen molar-refractivity contribution in [1.29, 1.82) is 0 Å². The topological polar surface area (TPSA) is 52.0 Å². The molecule has 0 saturated carbocycles. The van der Waals surface area contributed by atoms with Gasteiger partial charge in [0.1, 0.15) is 0 Å². The largest absolute Gasteiger partial charge is 0.397 e. The van der Waals surface area contributed by atoms with Crippen LogP contribution >= 0.6 is 0 Å². The first-order valence-corrected chi connectivity index (χ1v) is 4.65. The number of nitrogen functional groups attached to an aromatic ring is 2. The molecule has 2 nitrogen and oxygen atoms in total. The summed E-state index contributed by atoms with van der Waals surface area (Å²) in [7, 11) is 0. The molecule has 0 aliphatic heterocycles. The van der Waals surface area contributed by atoms with E-state index < -0.39 is 0 Å². The third kappa shape index (κ3) is 2.38. The highest BCUT2D eigenvalue weighted by atomic mass is 14.7. The maximum atomic E-state index is 5.73. The lowest BCUT2D eigenvalue weighted by Crippen LogP contribution is -2.00. The molecule has 0 radical (unpaired) electrons. The van der Waals surface area contributed by atoms with E-state index in [1.54, 1.807) is 0 Å². The number of aryl methyl sites for hydroxylation is 1. The molecular weight excluding hydrogens is 160 g/mol. The summed E-state index contributed by atoms with van der Waals surface area (Å²) in [5, 5.41) is 0. The molecule has 0 heterocycles. The van der Waals surface area contributed by atoms with E-state index in [2.05, 4.69) is 6.92 Å². The molecule has 0 aliphatic rings. The highest BCUT2D eigenvalue weighted by molar-refractivity contribution is 5.70. The van der Waals surface area contributed by atoms with E-state index in [1.807, 2.05) is 33.8 Å². The van der Waals surface area contributed by atoms with Gasteiger partial charge in [0.05, 0.1) is 11.4 Å². The number of hydrogen-bond acceptors (Lipinski definition) is 2. The summed E-state index contributed by atoms with van der Waals surface area (Å²) in [5.41, 5.74) is 16.3. The average Bonchev–Trinajstić information content (AvgIpc) is 2.15. The van der Waals surface area contributed by atoms with Gasteiger partial charge in [-0.15, -0.1) is 0 Å². The van der Waals surface area contributed by atoms with Gasteiger partial charge in [0.25, 0.3) is 0 Å². The zero-order valence-electron chi connectivity index (χ0n) is 9.23. The van der Waals surface area contributed by atoms with E-state index in [0.717, 1.165) is 5.56 Å². The second-order valence-electron chi connectivity index (χ2n) is 2.95. The van der Waals surface area contributed by atoms with Crippen LogP contribution in [0.15, 0.2) is 6.07 Å². The summed E-state index contributed by atoms with van der Waals surface area (Å²) in [6.45, 7) is 10.1. The minimum Gasteiger partial charge on any atom is -0.397 e. The Kier molecular flexibility index (Phi) is 4.32. The molecule has 0 fully saturated rings. The van der Waals surface area contributed by atoms with Crippen LogP contribution in [0.5, 0.6) is 0 Å². The lowest BCUT2D eigenvalue weighted by molar-refractivity contribution is 1.27. The second-order valence-corrected chi connectivity index (χ2v) is 2.95. The minimum absolute atomic E-state index is 0.686. The third-order valence-electron chi connectivity index (χ3n) is 2.24. The van der Waals surface area contributed by atoms with E-state index in [-0.39, 0.29) is 0 Å². The normalized spacial score (nSPS) is 9.00. The maximum absolute atomic E-state index is 5.73. The quantitative estimate of drug-likeness (QED) is 0.603. The Morgan fingerprint density at radius 2 is 1.38 bits per heavy atom. The van der Waals surface area contributed by atoms with E-state index in [4.69, 9.17) is 11.5 Å². The Balaban J connectivity index is 0.000000671. The fourth-order valence-corrected chi connectivity index (χ4v) is 1.13. The summed E-state index contributed by atoms with van der Waals surface area (Å²) in [6, 6.07) is 1.91. The molecule has 0 atom stereocenters. The van der Waals surface area contributed by atoms with Crippen LogP contribution in [0.2, 0.25) is 0 Å². The predicted molar refractivity (Wildman–Crippen MR) is 60.8 cm³/mol. The Morgan fingerprint density at radius 3 is 1.85 bits per heavy atom. The van der Waals surface area contributed by atoms with Crippen molar-refractivity contribution >= 4 is 11.4 Å². The highest BCUT2D eigenvalue weighted by Crippen LogP contribution is 2.25. The molecule has 13 heavy (non-hydrogen) atoms. The van der Waals surface area contributed by atoms with Crippen LogP contribution in [-0.4, -0.2) is 0 Å². The Morgan fingerprint density at radius 1 is 0.923 bits per heavy atom. The first kappa shape index (κ1) is 11.8. The highest BCUT2D eigenvalue weighted by Gasteiger charge is 2.03. The van der Waals surface area contributed by atoms with Gasteiger partial charge in [-0.25, -0.2) is 0 Å². The first-order valence-electron chi connectivity index (χ1n) is 4.65. The fourth-order valence-electron chi connectivity index (χ4n) is 1.13. The summed E-state index contributed by atoms with van der Waals surface area (Å²) in [6.07, 6.45) is 0. The monoisotopic (exact) mass is 180 g/mol. The molecule has 1 aromatic carbocycles. The Labute approximate surface area is 80.9 Å².